The maximum Gasteiger partial charge on any atom is 0.271 e. The van der Waals surface area contributed by atoms with Crippen LogP contribution in [0.1, 0.15) is 0 Å². The fraction of sp³-hybridized carbons (Fsp3) is 0.333. The fourth-order valence-corrected chi connectivity index (χ4v) is 1.14. The molecule has 0 saturated heterocycles. The summed E-state index contributed by atoms with van der Waals surface area (Å²) in [4.78, 5) is 10.0. The Kier molecular flexibility index (Phi) is 3.87. The molecule has 0 amide bonds. The van der Waals surface area contributed by atoms with Gasteiger partial charge in [0.15, 0.2) is 0 Å². The van der Waals surface area contributed by atoms with Gasteiger partial charge in [0.05, 0.1) is 24.3 Å². The van der Waals surface area contributed by atoms with Crippen molar-refractivity contribution in [1.29, 1.82) is 0 Å². The first-order chi connectivity index (χ1) is 7.19. The molecule has 0 aromatic heterocycles. The van der Waals surface area contributed by atoms with Crippen LogP contribution in [0.25, 0.3) is 0 Å². The predicted molar refractivity (Wildman–Crippen MR) is 55.2 cm³/mol. The van der Waals surface area contributed by atoms with Crippen LogP contribution in [0.3, 0.4) is 0 Å². The molecule has 6 nitrogen and oxygen atoms in total. The average Bonchev–Trinajstić information content (AvgIpc) is 2.25. The summed E-state index contributed by atoms with van der Waals surface area (Å²) in [7, 11) is 1.48. The Labute approximate surface area is 86.6 Å². The summed E-state index contributed by atoms with van der Waals surface area (Å²) in [5, 5.41) is 22.0. The quantitative estimate of drug-likeness (QED) is 0.562. The third kappa shape index (κ3) is 2.81. The summed E-state index contributed by atoms with van der Waals surface area (Å²) in [6, 6.07) is 4.25. The number of nitro groups is 1. The number of anilines is 1. The van der Waals surface area contributed by atoms with Crippen molar-refractivity contribution in [2.75, 3.05) is 25.6 Å². The highest BCUT2D eigenvalue weighted by Crippen LogP contribution is 2.28. The van der Waals surface area contributed by atoms with E-state index in [-0.39, 0.29) is 12.3 Å². The van der Waals surface area contributed by atoms with Gasteiger partial charge in [-0.3, -0.25) is 10.1 Å². The molecule has 1 aromatic rings. The normalized spacial score (nSPS) is 9.73. The van der Waals surface area contributed by atoms with Gasteiger partial charge in [0.25, 0.3) is 5.69 Å². The van der Waals surface area contributed by atoms with Crippen LogP contribution in [0.2, 0.25) is 0 Å². The zero-order valence-electron chi connectivity index (χ0n) is 8.27. The Bertz CT molecular complexity index is 354. The highest BCUT2D eigenvalue weighted by molar-refractivity contribution is 5.61. The molecule has 1 rings (SSSR count). The second-order valence-electron chi connectivity index (χ2n) is 2.79. The molecular formula is C9H12N2O4. The summed E-state index contributed by atoms with van der Waals surface area (Å²) < 4.78 is 5.01. The Morgan fingerprint density at radius 3 is 2.87 bits per heavy atom. The van der Waals surface area contributed by atoms with Crippen molar-refractivity contribution in [3.05, 3.63) is 28.3 Å². The zero-order chi connectivity index (χ0) is 11.3. The van der Waals surface area contributed by atoms with E-state index in [1.165, 1.54) is 25.3 Å². The van der Waals surface area contributed by atoms with Crippen molar-refractivity contribution < 1.29 is 14.8 Å². The van der Waals surface area contributed by atoms with Gasteiger partial charge in [-0.2, -0.15) is 0 Å². The molecule has 0 heterocycles. The lowest BCUT2D eigenvalue weighted by molar-refractivity contribution is -0.384. The van der Waals surface area contributed by atoms with E-state index in [9.17, 15) is 10.1 Å². The van der Waals surface area contributed by atoms with E-state index >= 15 is 0 Å². The van der Waals surface area contributed by atoms with Crippen molar-refractivity contribution in [2.45, 2.75) is 0 Å². The zero-order valence-corrected chi connectivity index (χ0v) is 8.27. The van der Waals surface area contributed by atoms with Crippen LogP contribution in [-0.2, 0) is 0 Å². The molecule has 6 heteroatoms. The molecule has 0 atom stereocenters. The van der Waals surface area contributed by atoms with Gasteiger partial charge in [-0.05, 0) is 6.07 Å². The SMILES string of the molecule is COc1ccc([N+](=O)[O-])cc1NCCO. The van der Waals surface area contributed by atoms with Crippen molar-refractivity contribution >= 4 is 11.4 Å². The summed E-state index contributed by atoms with van der Waals surface area (Å²) >= 11 is 0. The van der Waals surface area contributed by atoms with Gasteiger partial charge < -0.3 is 15.2 Å². The van der Waals surface area contributed by atoms with Crippen LogP contribution in [0.4, 0.5) is 11.4 Å². The predicted octanol–water partition coefficient (Wildman–Crippen LogP) is 1.01. The minimum Gasteiger partial charge on any atom is -0.495 e. The minimum absolute atomic E-state index is 0.0174. The number of nitro benzene ring substituents is 1. The molecule has 15 heavy (non-hydrogen) atoms. The lowest BCUT2D eigenvalue weighted by atomic mass is 10.2. The van der Waals surface area contributed by atoms with Crippen LogP contribution < -0.4 is 10.1 Å². The van der Waals surface area contributed by atoms with Crippen molar-refractivity contribution in [3.63, 3.8) is 0 Å². The molecule has 0 aliphatic rings. The topological polar surface area (TPSA) is 84.6 Å². The Morgan fingerprint density at radius 2 is 2.33 bits per heavy atom. The van der Waals surface area contributed by atoms with E-state index in [1.807, 2.05) is 0 Å². The second kappa shape index (κ2) is 5.16. The number of methoxy groups -OCH3 is 1. The van der Waals surface area contributed by atoms with Gasteiger partial charge >= 0.3 is 0 Å². The van der Waals surface area contributed by atoms with Gasteiger partial charge in [-0.1, -0.05) is 0 Å². The summed E-state index contributed by atoms with van der Waals surface area (Å²) in [5.74, 6) is 0.508. The largest absolute Gasteiger partial charge is 0.495 e. The van der Waals surface area contributed by atoms with E-state index in [4.69, 9.17) is 9.84 Å². The molecule has 0 fully saturated rings. The molecule has 0 spiro atoms. The number of nitrogens with zero attached hydrogens (tertiary/aromatic N) is 1. The highest BCUT2D eigenvalue weighted by atomic mass is 16.6. The van der Waals surface area contributed by atoms with Gasteiger partial charge in [0, 0.05) is 18.7 Å². The Hall–Kier alpha value is -1.82. The molecule has 0 aliphatic heterocycles. The molecule has 0 radical (unpaired) electrons. The first kappa shape index (κ1) is 11.3. The van der Waals surface area contributed by atoms with Crippen LogP contribution in [0.15, 0.2) is 18.2 Å². The van der Waals surface area contributed by atoms with Crippen LogP contribution in [0, 0.1) is 10.1 Å². The van der Waals surface area contributed by atoms with Crippen LogP contribution in [-0.4, -0.2) is 30.3 Å². The number of nitrogens with one attached hydrogen (secondary N) is 1. The van der Waals surface area contributed by atoms with E-state index in [1.54, 1.807) is 0 Å². The number of aliphatic hydroxyl groups is 1. The average molecular weight is 212 g/mol. The fourth-order valence-electron chi connectivity index (χ4n) is 1.14. The maximum atomic E-state index is 10.5. The van der Waals surface area contributed by atoms with E-state index in [2.05, 4.69) is 5.32 Å². The highest BCUT2D eigenvalue weighted by Gasteiger charge is 2.10. The van der Waals surface area contributed by atoms with Gasteiger partial charge in [0.2, 0.25) is 0 Å². The number of hydrogen-bond acceptors (Lipinski definition) is 5. The van der Waals surface area contributed by atoms with Gasteiger partial charge in [-0.15, -0.1) is 0 Å². The lowest BCUT2D eigenvalue weighted by Crippen LogP contribution is -2.07. The molecule has 0 saturated carbocycles. The Balaban J connectivity index is 2.96. The maximum absolute atomic E-state index is 10.5. The smallest absolute Gasteiger partial charge is 0.271 e. The lowest BCUT2D eigenvalue weighted by Gasteiger charge is -2.09. The van der Waals surface area contributed by atoms with Crippen molar-refractivity contribution in [2.24, 2.45) is 0 Å². The number of ether oxygens (including phenoxy) is 1. The first-order valence-electron chi connectivity index (χ1n) is 4.36. The van der Waals surface area contributed by atoms with Crippen LogP contribution >= 0.6 is 0 Å². The third-order valence-electron chi connectivity index (χ3n) is 1.82. The molecule has 0 bridgehead atoms. The molecule has 2 N–H and O–H groups in total. The number of aliphatic hydroxyl groups excluding tert-OH is 1. The standard InChI is InChI=1S/C9H12N2O4/c1-15-9-3-2-7(11(13)14)6-8(9)10-4-5-12/h2-3,6,10,12H,4-5H2,1H3. The number of hydrogen-bond donors (Lipinski definition) is 2. The molecular weight excluding hydrogens is 200 g/mol. The van der Waals surface area contributed by atoms with Crippen molar-refractivity contribution in [3.8, 4) is 5.75 Å². The summed E-state index contributed by atoms with van der Waals surface area (Å²) in [6.07, 6.45) is 0. The first-order valence-corrected chi connectivity index (χ1v) is 4.36. The number of non-ortho nitro benzene ring substituents is 1. The van der Waals surface area contributed by atoms with E-state index < -0.39 is 4.92 Å². The minimum atomic E-state index is -0.483. The molecule has 0 aliphatic carbocycles. The van der Waals surface area contributed by atoms with Gasteiger partial charge in [-0.25, -0.2) is 0 Å². The second-order valence-corrected chi connectivity index (χ2v) is 2.79. The molecule has 1 aromatic carbocycles. The Morgan fingerprint density at radius 1 is 1.60 bits per heavy atom. The van der Waals surface area contributed by atoms with E-state index in [0.717, 1.165) is 0 Å². The summed E-state index contributed by atoms with van der Waals surface area (Å²) in [6.45, 7) is 0.267. The number of benzene rings is 1. The molecule has 82 valence electrons. The van der Waals surface area contributed by atoms with E-state index in [0.29, 0.717) is 18.0 Å². The molecule has 0 unspecified atom stereocenters. The monoisotopic (exact) mass is 212 g/mol. The number of rotatable bonds is 5. The van der Waals surface area contributed by atoms with Crippen molar-refractivity contribution in [1.82, 2.24) is 0 Å². The summed E-state index contributed by atoms with van der Waals surface area (Å²) in [5.41, 5.74) is 0.483. The third-order valence-corrected chi connectivity index (χ3v) is 1.82. The van der Waals surface area contributed by atoms with Crippen LogP contribution in [0.5, 0.6) is 5.75 Å². The van der Waals surface area contributed by atoms with Gasteiger partial charge in [0.1, 0.15) is 5.75 Å².